The highest BCUT2D eigenvalue weighted by atomic mass is 16.7. The van der Waals surface area contributed by atoms with Crippen molar-refractivity contribution < 1.29 is 14.9 Å². The van der Waals surface area contributed by atoms with E-state index in [2.05, 4.69) is 6.92 Å². The third-order valence-electron chi connectivity index (χ3n) is 3.87. The highest BCUT2D eigenvalue weighted by Crippen LogP contribution is 2.37. The lowest BCUT2D eigenvalue weighted by Crippen LogP contribution is -2.36. The van der Waals surface area contributed by atoms with Crippen LogP contribution in [-0.2, 0) is 9.47 Å². The highest BCUT2D eigenvalue weighted by Gasteiger charge is 2.39. The fourth-order valence-electron chi connectivity index (χ4n) is 2.78. The van der Waals surface area contributed by atoms with Gasteiger partial charge in [0, 0.05) is 5.92 Å². The van der Waals surface area contributed by atoms with E-state index in [1.807, 2.05) is 36.4 Å². The van der Waals surface area contributed by atoms with Gasteiger partial charge in [0.05, 0.1) is 13.2 Å². The number of hydrogen-bond donors (Lipinski definition) is 0. The maximum Gasteiger partial charge on any atom is 0.168 e. The lowest BCUT2D eigenvalue weighted by molar-refractivity contribution is -0.187. The van der Waals surface area contributed by atoms with Gasteiger partial charge in [-0.15, -0.1) is 0 Å². The van der Waals surface area contributed by atoms with E-state index in [0.29, 0.717) is 5.92 Å². The zero-order chi connectivity index (χ0) is 12.7. The first-order chi connectivity index (χ1) is 8.81. The zero-order valence-corrected chi connectivity index (χ0v) is 11.8. The van der Waals surface area contributed by atoms with Crippen molar-refractivity contribution in [3.05, 3.63) is 36.4 Å². The molecule has 108 valence electrons. The largest absolute Gasteiger partial charge is 0.412 e. The first kappa shape index (κ1) is 16.2. The van der Waals surface area contributed by atoms with Gasteiger partial charge in [-0.25, -0.2) is 0 Å². The van der Waals surface area contributed by atoms with E-state index in [4.69, 9.17) is 9.47 Å². The van der Waals surface area contributed by atoms with Gasteiger partial charge in [-0.1, -0.05) is 55.7 Å². The van der Waals surface area contributed by atoms with Crippen LogP contribution in [0, 0.1) is 5.92 Å². The van der Waals surface area contributed by atoms with Crippen LogP contribution in [0.2, 0.25) is 0 Å². The van der Waals surface area contributed by atoms with Gasteiger partial charge in [0.15, 0.2) is 5.79 Å². The Morgan fingerprint density at radius 1 is 0.789 bits per heavy atom. The molecule has 2 N–H and O–H groups in total. The minimum atomic E-state index is -0.236. The Kier molecular flexibility index (Phi) is 7.06. The first-order valence-electron chi connectivity index (χ1n) is 7.09. The molecule has 19 heavy (non-hydrogen) atoms. The molecule has 3 rings (SSSR count). The summed E-state index contributed by atoms with van der Waals surface area (Å²) < 4.78 is 11.3. The van der Waals surface area contributed by atoms with Crippen LogP contribution in [0.25, 0.3) is 0 Å². The van der Waals surface area contributed by atoms with Crippen molar-refractivity contribution in [2.75, 3.05) is 13.2 Å². The van der Waals surface area contributed by atoms with E-state index >= 15 is 0 Å². The highest BCUT2D eigenvalue weighted by molar-refractivity contribution is 4.99. The molecule has 3 nitrogen and oxygen atoms in total. The lowest BCUT2D eigenvalue weighted by atomic mass is 9.84. The number of rotatable bonds is 1. The van der Waals surface area contributed by atoms with Crippen LogP contribution in [0.3, 0.4) is 0 Å². The molecule has 0 spiro atoms. The van der Waals surface area contributed by atoms with E-state index in [-0.39, 0.29) is 11.3 Å². The monoisotopic (exact) mass is 266 g/mol. The summed E-state index contributed by atoms with van der Waals surface area (Å²) >= 11 is 0. The van der Waals surface area contributed by atoms with Crippen molar-refractivity contribution in [3.63, 3.8) is 0 Å². The summed E-state index contributed by atoms with van der Waals surface area (Å²) in [5.74, 6) is 0.411. The Morgan fingerprint density at radius 2 is 1.21 bits per heavy atom. The summed E-state index contributed by atoms with van der Waals surface area (Å²) in [5.41, 5.74) is 0. The molecule has 1 aliphatic carbocycles. The molecular weight excluding hydrogens is 240 g/mol. The minimum absolute atomic E-state index is 0. The van der Waals surface area contributed by atoms with Crippen LogP contribution in [0.15, 0.2) is 36.4 Å². The average Bonchev–Trinajstić information content (AvgIpc) is 2.91. The van der Waals surface area contributed by atoms with Gasteiger partial charge in [0.2, 0.25) is 0 Å². The van der Waals surface area contributed by atoms with Gasteiger partial charge in [-0.2, -0.15) is 0 Å². The summed E-state index contributed by atoms with van der Waals surface area (Å²) in [7, 11) is 0. The molecule has 0 atom stereocenters. The average molecular weight is 266 g/mol. The van der Waals surface area contributed by atoms with Crippen molar-refractivity contribution in [2.24, 2.45) is 5.92 Å². The van der Waals surface area contributed by atoms with E-state index in [9.17, 15) is 0 Å². The second-order valence-electron chi connectivity index (χ2n) is 5.20. The van der Waals surface area contributed by atoms with Crippen LogP contribution < -0.4 is 0 Å². The van der Waals surface area contributed by atoms with Gasteiger partial charge >= 0.3 is 0 Å². The second kappa shape index (κ2) is 8.31. The third kappa shape index (κ3) is 4.94. The first-order valence-corrected chi connectivity index (χ1v) is 7.09. The molecule has 3 heteroatoms. The van der Waals surface area contributed by atoms with Crippen LogP contribution in [-0.4, -0.2) is 24.5 Å². The third-order valence-corrected chi connectivity index (χ3v) is 3.87. The Morgan fingerprint density at radius 3 is 1.63 bits per heavy atom. The number of ether oxygens (including phenoxy) is 2. The van der Waals surface area contributed by atoms with Gasteiger partial charge in [-0.05, 0) is 19.8 Å². The van der Waals surface area contributed by atoms with Crippen LogP contribution in [0.4, 0.5) is 0 Å². The summed E-state index contributed by atoms with van der Waals surface area (Å²) in [4.78, 5) is 0. The molecule has 0 aromatic heterocycles. The zero-order valence-electron chi connectivity index (χ0n) is 11.8. The molecule has 2 aliphatic rings. The van der Waals surface area contributed by atoms with Crippen LogP contribution >= 0.6 is 0 Å². The summed E-state index contributed by atoms with van der Waals surface area (Å²) in [6.07, 6.45) is 6.68. The summed E-state index contributed by atoms with van der Waals surface area (Å²) in [5, 5.41) is 0. The molecule has 1 saturated heterocycles. The van der Waals surface area contributed by atoms with E-state index in [0.717, 1.165) is 13.2 Å². The lowest BCUT2D eigenvalue weighted by Gasteiger charge is -2.34. The van der Waals surface area contributed by atoms with Gasteiger partial charge in [0.1, 0.15) is 0 Å². The van der Waals surface area contributed by atoms with E-state index in [1.54, 1.807) is 0 Å². The summed E-state index contributed by atoms with van der Waals surface area (Å²) in [6.45, 7) is 3.68. The van der Waals surface area contributed by atoms with Crippen LogP contribution in [0.5, 0.6) is 0 Å². The van der Waals surface area contributed by atoms with Gasteiger partial charge in [0.25, 0.3) is 0 Å². The molecule has 1 heterocycles. The van der Waals surface area contributed by atoms with Crippen molar-refractivity contribution in [1.29, 1.82) is 0 Å². The van der Waals surface area contributed by atoms with Gasteiger partial charge in [-0.3, -0.25) is 0 Å². The maximum atomic E-state index is 5.66. The molecule has 1 aromatic carbocycles. The van der Waals surface area contributed by atoms with Crippen molar-refractivity contribution in [3.8, 4) is 0 Å². The van der Waals surface area contributed by atoms with Crippen molar-refractivity contribution in [2.45, 2.75) is 44.8 Å². The molecule has 1 aliphatic heterocycles. The predicted octanol–water partition coefficient (Wildman–Crippen LogP) is 3.19. The number of hydrogen-bond acceptors (Lipinski definition) is 2. The van der Waals surface area contributed by atoms with Gasteiger partial charge < -0.3 is 14.9 Å². The van der Waals surface area contributed by atoms with Crippen molar-refractivity contribution in [1.82, 2.24) is 0 Å². The predicted molar refractivity (Wildman–Crippen MR) is 76.9 cm³/mol. The fourth-order valence-corrected chi connectivity index (χ4v) is 2.78. The molecule has 0 amide bonds. The Bertz CT molecular complexity index is 287. The molecule has 0 radical (unpaired) electrons. The minimum Gasteiger partial charge on any atom is -0.412 e. The quantitative estimate of drug-likeness (QED) is 0.783. The summed E-state index contributed by atoms with van der Waals surface area (Å²) in [6, 6.07) is 12.0. The SMILES string of the molecule is CC1(C2CCCCC2)OCCO1.O.c1ccccc1. The second-order valence-corrected chi connectivity index (χ2v) is 5.20. The molecule has 0 bridgehead atoms. The molecular formula is C16H26O3. The standard InChI is InChI=1S/C10H18O2.C6H6.H2O/c1-10(11-7-8-12-10)9-5-3-2-4-6-9;1-2-4-6-5-3-1;/h9H,2-8H2,1H3;1-6H;1H2. The Hall–Kier alpha value is -0.900. The van der Waals surface area contributed by atoms with Crippen molar-refractivity contribution >= 4 is 0 Å². The fraction of sp³-hybridized carbons (Fsp3) is 0.625. The smallest absolute Gasteiger partial charge is 0.168 e. The Labute approximate surface area is 116 Å². The van der Waals surface area contributed by atoms with Crippen LogP contribution in [0.1, 0.15) is 39.0 Å². The van der Waals surface area contributed by atoms with E-state index < -0.39 is 0 Å². The number of benzene rings is 1. The van der Waals surface area contributed by atoms with E-state index in [1.165, 1.54) is 32.1 Å². The normalized spacial score (nSPS) is 21.9. The molecule has 0 unspecified atom stereocenters. The molecule has 1 saturated carbocycles. The molecule has 2 fully saturated rings. The molecule has 1 aromatic rings. The maximum absolute atomic E-state index is 5.66. The Balaban J connectivity index is 0.000000220. The topological polar surface area (TPSA) is 50.0 Å².